The number of hydrogen-bond acceptors (Lipinski definition) is 1. The Hall–Kier alpha value is -6.44. The van der Waals surface area contributed by atoms with Crippen molar-refractivity contribution >= 4 is 53.9 Å². The van der Waals surface area contributed by atoms with Crippen LogP contribution in [-0.2, 0) is 0 Å². The zero-order valence-electron chi connectivity index (χ0n) is 26.6. The van der Waals surface area contributed by atoms with Crippen LogP contribution < -0.4 is 4.74 Å². The molecule has 0 spiro atoms. The summed E-state index contributed by atoms with van der Waals surface area (Å²) in [7, 11) is 0. The van der Waals surface area contributed by atoms with E-state index in [2.05, 4.69) is 170 Å². The van der Waals surface area contributed by atoms with Crippen LogP contribution in [0.4, 0.5) is 0 Å². The lowest BCUT2D eigenvalue weighted by molar-refractivity contribution is 0.487. The van der Waals surface area contributed by atoms with E-state index < -0.39 is 0 Å². The van der Waals surface area contributed by atoms with E-state index in [1.54, 1.807) is 0 Å². The third kappa shape index (κ3) is 3.87. The molecule has 11 rings (SSSR count). The van der Waals surface area contributed by atoms with Gasteiger partial charge in [0.2, 0.25) is 0 Å². The van der Waals surface area contributed by atoms with Gasteiger partial charge in [0.1, 0.15) is 11.5 Å². The summed E-state index contributed by atoms with van der Waals surface area (Å²) < 4.78 is 6.54. The molecule has 226 valence electrons. The van der Waals surface area contributed by atoms with Crippen molar-refractivity contribution in [2.75, 3.05) is 0 Å². The largest absolute Gasteiger partial charge is 0.456 e. The van der Waals surface area contributed by atoms with Crippen molar-refractivity contribution in [2.24, 2.45) is 0 Å². The third-order valence-electron chi connectivity index (χ3n) is 10.6. The van der Waals surface area contributed by atoms with Crippen LogP contribution in [0.3, 0.4) is 0 Å². The van der Waals surface area contributed by atoms with Crippen molar-refractivity contribution in [1.82, 2.24) is 0 Å². The molecule has 1 heterocycles. The van der Waals surface area contributed by atoms with Crippen LogP contribution in [0.25, 0.3) is 98.4 Å². The molecule has 0 atom stereocenters. The van der Waals surface area contributed by atoms with Crippen LogP contribution >= 0.6 is 0 Å². The van der Waals surface area contributed by atoms with Crippen LogP contribution in [0.1, 0.15) is 0 Å². The van der Waals surface area contributed by atoms with E-state index in [1.165, 1.54) is 92.8 Å². The van der Waals surface area contributed by atoms with E-state index in [1.807, 2.05) is 0 Å². The number of fused-ring (bicyclic) bond motifs is 3. The Bertz CT molecular complexity index is 2940. The summed E-state index contributed by atoms with van der Waals surface area (Å²) >= 11 is 0. The van der Waals surface area contributed by atoms with Gasteiger partial charge in [-0.3, -0.25) is 0 Å². The number of ether oxygens (including phenoxy) is 1. The molecule has 0 unspecified atom stereocenters. The molecular weight excluding hydrogens is 593 g/mol. The van der Waals surface area contributed by atoms with Crippen LogP contribution in [0.5, 0.6) is 11.5 Å². The zero-order valence-corrected chi connectivity index (χ0v) is 26.6. The lowest BCUT2D eigenvalue weighted by atomic mass is 9.87. The predicted molar refractivity (Wildman–Crippen MR) is 207 cm³/mol. The normalized spacial score (nSPS) is 12.2. The van der Waals surface area contributed by atoms with Gasteiger partial charge in [0.25, 0.3) is 0 Å². The average Bonchev–Trinajstić information content (AvgIpc) is 3.17. The van der Waals surface area contributed by atoms with Crippen molar-refractivity contribution in [3.05, 3.63) is 170 Å². The Labute approximate surface area is 283 Å². The molecule has 0 amide bonds. The molecule has 0 fully saturated rings. The lowest BCUT2D eigenvalue weighted by Gasteiger charge is -2.23. The fraction of sp³-hybridized carbons (Fsp3) is 0. The minimum atomic E-state index is 0.897. The molecule has 10 aromatic carbocycles. The van der Waals surface area contributed by atoms with Gasteiger partial charge in [-0.05, 0) is 112 Å². The van der Waals surface area contributed by atoms with E-state index in [-0.39, 0.29) is 0 Å². The summed E-state index contributed by atoms with van der Waals surface area (Å²) in [6, 6.07) is 62.0. The van der Waals surface area contributed by atoms with Crippen LogP contribution in [0, 0.1) is 0 Å². The van der Waals surface area contributed by atoms with Crippen molar-refractivity contribution in [3.63, 3.8) is 0 Å². The zero-order chi connectivity index (χ0) is 32.1. The van der Waals surface area contributed by atoms with Crippen molar-refractivity contribution < 1.29 is 4.74 Å². The lowest BCUT2D eigenvalue weighted by Crippen LogP contribution is -1.98. The molecule has 1 aliphatic rings. The minimum absolute atomic E-state index is 0.897. The summed E-state index contributed by atoms with van der Waals surface area (Å²) in [6.07, 6.45) is 0. The van der Waals surface area contributed by atoms with Gasteiger partial charge in [-0.25, -0.2) is 0 Å². The van der Waals surface area contributed by atoms with Gasteiger partial charge in [-0.15, -0.1) is 0 Å². The van der Waals surface area contributed by atoms with Crippen molar-refractivity contribution in [2.45, 2.75) is 0 Å². The van der Waals surface area contributed by atoms with Crippen molar-refractivity contribution in [3.8, 4) is 56.0 Å². The van der Waals surface area contributed by atoms with Gasteiger partial charge in [0, 0.05) is 10.9 Å². The molecular formula is C48H28O. The van der Waals surface area contributed by atoms with E-state index >= 15 is 0 Å². The highest BCUT2D eigenvalue weighted by Crippen LogP contribution is 2.50. The third-order valence-corrected chi connectivity index (χ3v) is 10.6. The molecule has 0 aliphatic carbocycles. The molecule has 49 heavy (non-hydrogen) atoms. The van der Waals surface area contributed by atoms with Gasteiger partial charge < -0.3 is 4.74 Å². The van der Waals surface area contributed by atoms with E-state index in [9.17, 15) is 0 Å². The van der Waals surface area contributed by atoms with Gasteiger partial charge in [-0.1, -0.05) is 146 Å². The first-order chi connectivity index (χ1) is 24.3. The second-order valence-electron chi connectivity index (χ2n) is 13.2. The summed E-state index contributed by atoms with van der Waals surface area (Å²) in [5, 5.41) is 12.8. The Morgan fingerprint density at radius 2 is 0.878 bits per heavy atom. The maximum absolute atomic E-state index is 6.54. The molecule has 10 aromatic rings. The van der Waals surface area contributed by atoms with Gasteiger partial charge in [-0.2, -0.15) is 0 Å². The average molecular weight is 621 g/mol. The summed E-state index contributed by atoms with van der Waals surface area (Å²) in [5.74, 6) is 1.81. The van der Waals surface area contributed by atoms with Crippen LogP contribution in [0.2, 0.25) is 0 Å². The molecule has 0 radical (unpaired) electrons. The quantitative estimate of drug-likeness (QED) is 0.179. The second-order valence-corrected chi connectivity index (χ2v) is 13.2. The molecule has 1 nitrogen and oxygen atoms in total. The van der Waals surface area contributed by atoms with E-state index in [0.29, 0.717) is 0 Å². The Morgan fingerprint density at radius 1 is 0.265 bits per heavy atom. The first kappa shape index (κ1) is 26.6. The number of hydrogen-bond donors (Lipinski definition) is 0. The van der Waals surface area contributed by atoms with Crippen LogP contribution in [0.15, 0.2) is 170 Å². The molecule has 0 N–H and O–H groups in total. The molecule has 1 aliphatic heterocycles. The molecule has 0 aromatic heterocycles. The van der Waals surface area contributed by atoms with Crippen molar-refractivity contribution in [1.29, 1.82) is 0 Å². The molecule has 0 bridgehead atoms. The topological polar surface area (TPSA) is 9.23 Å². The summed E-state index contributed by atoms with van der Waals surface area (Å²) in [4.78, 5) is 0. The Kier molecular flexibility index (Phi) is 5.45. The maximum atomic E-state index is 6.54. The smallest absolute Gasteiger partial charge is 0.135 e. The van der Waals surface area contributed by atoms with Gasteiger partial charge >= 0.3 is 0 Å². The first-order valence-corrected chi connectivity index (χ1v) is 16.9. The summed E-state index contributed by atoms with van der Waals surface area (Å²) in [5.41, 5.74) is 9.68. The van der Waals surface area contributed by atoms with E-state index in [0.717, 1.165) is 17.1 Å². The van der Waals surface area contributed by atoms with Gasteiger partial charge in [0.15, 0.2) is 0 Å². The van der Waals surface area contributed by atoms with Gasteiger partial charge in [0.05, 0.1) is 0 Å². The highest BCUT2D eigenvalue weighted by molar-refractivity contribution is 6.26. The summed E-state index contributed by atoms with van der Waals surface area (Å²) in [6.45, 7) is 0. The standard InChI is InChI=1S/C48H28O/c1-2-7-29(8-3-1)36-24-26-45-48-40(36)13-6-14-41(48)43-28-34(20-25-44(43)49-45)33-19-21-37-35(27-33)11-5-12-38(37)39-22-17-32-16-15-30-9-4-10-31-18-23-42(39)47(32)46(30)31/h1-28H. The fourth-order valence-corrected chi connectivity index (χ4v) is 8.35. The monoisotopic (exact) mass is 620 g/mol. The molecule has 0 saturated heterocycles. The number of rotatable bonds is 3. The number of benzene rings is 10. The van der Waals surface area contributed by atoms with Crippen LogP contribution in [-0.4, -0.2) is 0 Å². The maximum Gasteiger partial charge on any atom is 0.135 e. The second kappa shape index (κ2) is 10.0. The Morgan fingerprint density at radius 3 is 1.78 bits per heavy atom. The minimum Gasteiger partial charge on any atom is -0.456 e. The molecule has 1 heteroatoms. The first-order valence-electron chi connectivity index (χ1n) is 16.9. The highest BCUT2D eigenvalue weighted by atomic mass is 16.5. The SMILES string of the molecule is c1ccc(-c2ccc3c4c(cccc24)-c2cc(-c4ccc5c(-c6ccc7ccc8cccc9ccc6c7c89)cccc5c4)ccc2O3)cc1. The highest BCUT2D eigenvalue weighted by Gasteiger charge is 2.22. The predicted octanol–water partition coefficient (Wildman–Crippen LogP) is 13.7. The molecule has 0 saturated carbocycles. The Balaban J connectivity index is 1.04. The van der Waals surface area contributed by atoms with E-state index in [4.69, 9.17) is 4.74 Å². The fourth-order valence-electron chi connectivity index (χ4n) is 8.35.